The number of nitrogens with one attached hydrogen (secondary N) is 1. The van der Waals surface area contributed by atoms with E-state index in [9.17, 15) is 4.79 Å². The topological polar surface area (TPSA) is 95.1 Å². The largest absolute Gasteiger partial charge is 0.495 e. The van der Waals surface area contributed by atoms with Crippen LogP contribution in [0.4, 0.5) is 5.69 Å². The molecular weight excluding hydrogens is 454 g/mol. The Morgan fingerprint density at radius 3 is 2.79 bits per heavy atom. The molecule has 2 aromatic heterocycles. The molecule has 1 amide bonds. The first-order chi connectivity index (χ1) is 16.5. The first-order valence-electron chi connectivity index (χ1n) is 10.5. The van der Waals surface area contributed by atoms with E-state index in [2.05, 4.69) is 20.6 Å². The summed E-state index contributed by atoms with van der Waals surface area (Å²) in [7, 11) is 1.53. The van der Waals surface area contributed by atoms with Crippen LogP contribution in [0.1, 0.15) is 5.56 Å². The highest BCUT2D eigenvalue weighted by molar-refractivity contribution is 6.31. The van der Waals surface area contributed by atoms with Gasteiger partial charge in [-0.3, -0.25) is 9.48 Å². The average molecular weight is 474 g/mol. The summed E-state index contributed by atoms with van der Waals surface area (Å²) in [6, 6.07) is 20.4. The standard InChI is InChI=1S/C25H20ClN5O3/c1-15-6-5-7-16(12-15)24-28-25(34-30-24)23-18-8-3-4-9-20(18)31(29-23)14-22(32)27-19-13-17(26)10-11-21(19)33-2/h3-13H,14H2,1-2H3,(H,27,32). The maximum absolute atomic E-state index is 12.8. The number of halogens is 1. The van der Waals surface area contributed by atoms with E-state index in [4.69, 9.17) is 20.9 Å². The minimum Gasteiger partial charge on any atom is -0.495 e. The van der Waals surface area contributed by atoms with Crippen molar-refractivity contribution in [2.24, 2.45) is 0 Å². The number of aryl methyl sites for hydroxylation is 1. The van der Waals surface area contributed by atoms with Gasteiger partial charge in [-0.1, -0.05) is 58.7 Å². The second kappa shape index (κ2) is 8.99. The second-order valence-electron chi connectivity index (χ2n) is 7.71. The number of carbonyl (C=O) groups excluding carboxylic acids is 1. The van der Waals surface area contributed by atoms with E-state index in [0.29, 0.717) is 28.0 Å². The zero-order valence-electron chi connectivity index (χ0n) is 18.4. The molecule has 0 radical (unpaired) electrons. The van der Waals surface area contributed by atoms with Crippen molar-refractivity contribution in [1.29, 1.82) is 0 Å². The molecule has 0 aliphatic carbocycles. The molecule has 0 unspecified atom stereocenters. The third-order valence-electron chi connectivity index (χ3n) is 5.29. The van der Waals surface area contributed by atoms with E-state index in [1.54, 1.807) is 22.9 Å². The number of carbonyl (C=O) groups is 1. The molecule has 0 bridgehead atoms. The number of rotatable bonds is 6. The van der Waals surface area contributed by atoms with Gasteiger partial charge in [0.05, 0.1) is 18.3 Å². The van der Waals surface area contributed by atoms with Crippen LogP contribution in [-0.4, -0.2) is 32.9 Å². The molecular formula is C25H20ClN5O3. The van der Waals surface area contributed by atoms with E-state index in [1.807, 2.05) is 55.5 Å². The van der Waals surface area contributed by atoms with E-state index < -0.39 is 0 Å². The van der Waals surface area contributed by atoms with Gasteiger partial charge in [0.15, 0.2) is 5.69 Å². The van der Waals surface area contributed by atoms with E-state index in [1.165, 1.54) is 7.11 Å². The molecule has 5 rings (SSSR count). The average Bonchev–Trinajstić information content (AvgIpc) is 3.45. The molecule has 170 valence electrons. The van der Waals surface area contributed by atoms with Gasteiger partial charge in [0.25, 0.3) is 5.89 Å². The summed E-state index contributed by atoms with van der Waals surface area (Å²) in [6.45, 7) is 1.97. The van der Waals surface area contributed by atoms with Crippen molar-refractivity contribution in [2.45, 2.75) is 13.5 Å². The molecule has 5 aromatic rings. The second-order valence-corrected chi connectivity index (χ2v) is 8.15. The van der Waals surface area contributed by atoms with E-state index in [-0.39, 0.29) is 18.3 Å². The molecule has 0 fully saturated rings. The van der Waals surface area contributed by atoms with Crippen molar-refractivity contribution in [1.82, 2.24) is 19.9 Å². The third kappa shape index (κ3) is 4.23. The van der Waals surface area contributed by atoms with Crippen LogP contribution in [0.15, 0.2) is 71.3 Å². The van der Waals surface area contributed by atoms with Gasteiger partial charge in [0.2, 0.25) is 11.7 Å². The van der Waals surface area contributed by atoms with Crippen LogP contribution in [-0.2, 0) is 11.3 Å². The fourth-order valence-electron chi connectivity index (χ4n) is 3.73. The van der Waals surface area contributed by atoms with Crippen molar-refractivity contribution in [2.75, 3.05) is 12.4 Å². The van der Waals surface area contributed by atoms with Crippen molar-refractivity contribution in [3.8, 4) is 28.7 Å². The van der Waals surface area contributed by atoms with Crippen molar-refractivity contribution < 1.29 is 14.1 Å². The monoisotopic (exact) mass is 473 g/mol. The molecule has 2 heterocycles. The number of methoxy groups -OCH3 is 1. The molecule has 8 nitrogen and oxygen atoms in total. The molecule has 3 aromatic carbocycles. The number of amides is 1. The van der Waals surface area contributed by atoms with Crippen LogP contribution < -0.4 is 10.1 Å². The number of aromatic nitrogens is 4. The molecule has 0 spiro atoms. The summed E-state index contributed by atoms with van der Waals surface area (Å²) in [6.07, 6.45) is 0. The number of anilines is 1. The van der Waals surface area contributed by atoms with Crippen molar-refractivity contribution in [3.05, 3.63) is 77.3 Å². The quantitative estimate of drug-likeness (QED) is 0.356. The summed E-state index contributed by atoms with van der Waals surface area (Å²) in [5.74, 6) is 0.983. The minimum atomic E-state index is -0.286. The number of hydrogen-bond acceptors (Lipinski definition) is 6. The number of fused-ring (bicyclic) bond motifs is 1. The lowest BCUT2D eigenvalue weighted by atomic mass is 10.1. The fourth-order valence-corrected chi connectivity index (χ4v) is 3.90. The van der Waals surface area contributed by atoms with Gasteiger partial charge in [0, 0.05) is 16.0 Å². The Balaban J connectivity index is 1.46. The van der Waals surface area contributed by atoms with Crippen LogP contribution in [0.25, 0.3) is 33.9 Å². The Kier molecular flexibility index (Phi) is 5.73. The Labute approximate surface area is 200 Å². The summed E-state index contributed by atoms with van der Waals surface area (Å²) >= 11 is 6.07. The normalized spacial score (nSPS) is 11.0. The molecule has 0 aliphatic rings. The van der Waals surface area contributed by atoms with Crippen LogP contribution in [0.3, 0.4) is 0 Å². The Morgan fingerprint density at radius 2 is 1.97 bits per heavy atom. The molecule has 0 saturated carbocycles. The predicted molar refractivity (Wildman–Crippen MR) is 130 cm³/mol. The molecule has 34 heavy (non-hydrogen) atoms. The predicted octanol–water partition coefficient (Wildman–Crippen LogP) is 5.36. The van der Waals surface area contributed by atoms with Crippen LogP contribution >= 0.6 is 11.6 Å². The number of ether oxygens (including phenoxy) is 1. The Bertz CT molecular complexity index is 1510. The maximum Gasteiger partial charge on any atom is 0.279 e. The molecule has 0 aliphatic heterocycles. The summed E-state index contributed by atoms with van der Waals surface area (Å²) in [5, 5.41) is 12.9. The van der Waals surface area contributed by atoms with Crippen molar-refractivity contribution >= 4 is 34.1 Å². The number of nitrogens with zero attached hydrogens (tertiary/aromatic N) is 4. The first kappa shape index (κ1) is 21.7. The number of hydrogen-bond donors (Lipinski definition) is 1. The first-order valence-corrected chi connectivity index (χ1v) is 10.9. The zero-order chi connectivity index (χ0) is 23.7. The van der Waals surface area contributed by atoms with Gasteiger partial charge in [-0.05, 0) is 37.3 Å². The van der Waals surface area contributed by atoms with Gasteiger partial charge in [-0.2, -0.15) is 10.1 Å². The van der Waals surface area contributed by atoms with E-state index in [0.717, 1.165) is 22.0 Å². The lowest BCUT2D eigenvalue weighted by Gasteiger charge is -2.11. The van der Waals surface area contributed by atoms with Gasteiger partial charge < -0.3 is 14.6 Å². The zero-order valence-corrected chi connectivity index (χ0v) is 19.2. The van der Waals surface area contributed by atoms with Crippen molar-refractivity contribution in [3.63, 3.8) is 0 Å². The van der Waals surface area contributed by atoms with Crippen LogP contribution in [0.5, 0.6) is 5.75 Å². The summed E-state index contributed by atoms with van der Waals surface area (Å²) in [5.41, 5.74) is 3.71. The molecule has 0 saturated heterocycles. The number of para-hydroxylation sites is 1. The summed E-state index contributed by atoms with van der Waals surface area (Å²) in [4.78, 5) is 17.4. The van der Waals surface area contributed by atoms with Gasteiger partial charge in [0.1, 0.15) is 12.3 Å². The van der Waals surface area contributed by atoms with Gasteiger partial charge in [-0.25, -0.2) is 0 Å². The minimum absolute atomic E-state index is 0.0327. The number of benzene rings is 3. The van der Waals surface area contributed by atoms with E-state index >= 15 is 0 Å². The smallest absolute Gasteiger partial charge is 0.279 e. The SMILES string of the molecule is COc1ccc(Cl)cc1NC(=O)Cn1nc(-c2nc(-c3cccc(C)c3)no2)c2ccccc21. The third-order valence-corrected chi connectivity index (χ3v) is 5.53. The fraction of sp³-hybridized carbons (Fsp3) is 0.120. The maximum atomic E-state index is 12.8. The van der Waals surface area contributed by atoms with Gasteiger partial charge in [-0.15, -0.1) is 0 Å². The lowest BCUT2D eigenvalue weighted by Crippen LogP contribution is -2.19. The highest BCUT2D eigenvalue weighted by Gasteiger charge is 2.20. The summed E-state index contributed by atoms with van der Waals surface area (Å²) < 4.78 is 12.5. The highest BCUT2D eigenvalue weighted by Crippen LogP contribution is 2.30. The Morgan fingerprint density at radius 1 is 1.12 bits per heavy atom. The molecule has 9 heteroatoms. The molecule has 0 atom stereocenters. The Hall–Kier alpha value is -4.17. The van der Waals surface area contributed by atoms with Crippen LogP contribution in [0, 0.1) is 6.92 Å². The van der Waals surface area contributed by atoms with Crippen LogP contribution in [0.2, 0.25) is 5.02 Å². The lowest BCUT2D eigenvalue weighted by molar-refractivity contribution is -0.116. The molecule has 1 N–H and O–H groups in total. The highest BCUT2D eigenvalue weighted by atomic mass is 35.5. The van der Waals surface area contributed by atoms with Gasteiger partial charge >= 0.3 is 0 Å².